The molecule has 57 heavy (non-hydrogen) atoms. The van der Waals surface area contributed by atoms with Crippen molar-refractivity contribution in [2.75, 3.05) is 0 Å². The molecule has 0 saturated heterocycles. The molecule has 0 N–H and O–H groups in total. The molecule has 0 atom stereocenters. The van der Waals surface area contributed by atoms with Crippen molar-refractivity contribution in [3.8, 4) is 39.3 Å². The molecule has 3 heterocycles. The SMILES string of the molecule is c1ccc(-c2cccc(-n3c4cc(-c5cccc(-n6c7ccccc7c7ccccc76)c5)ccc4c4c5c6ccccc6n(-c6ccccc6)c5ccc43)c2)cc1. The van der Waals surface area contributed by atoms with E-state index in [-0.39, 0.29) is 0 Å². The van der Waals surface area contributed by atoms with Crippen LogP contribution in [0.25, 0.3) is 105 Å². The van der Waals surface area contributed by atoms with Crippen molar-refractivity contribution in [1.82, 2.24) is 13.7 Å². The molecule has 0 unspecified atom stereocenters. The Morgan fingerprint density at radius 1 is 0.211 bits per heavy atom. The summed E-state index contributed by atoms with van der Waals surface area (Å²) in [5, 5.41) is 7.56. The first-order valence-corrected chi connectivity index (χ1v) is 19.6. The van der Waals surface area contributed by atoms with Gasteiger partial charge in [-0.2, -0.15) is 0 Å². The van der Waals surface area contributed by atoms with Crippen molar-refractivity contribution < 1.29 is 0 Å². The van der Waals surface area contributed by atoms with Crippen LogP contribution in [-0.4, -0.2) is 13.7 Å². The number of fused-ring (bicyclic) bond motifs is 10. The second-order valence-electron chi connectivity index (χ2n) is 14.9. The molecule has 0 aliphatic rings. The van der Waals surface area contributed by atoms with E-state index in [1.54, 1.807) is 0 Å². The maximum atomic E-state index is 2.48. The van der Waals surface area contributed by atoms with Gasteiger partial charge in [-0.3, -0.25) is 0 Å². The molecular formula is C54H35N3. The largest absolute Gasteiger partial charge is 0.309 e. The average molecular weight is 726 g/mol. The van der Waals surface area contributed by atoms with Gasteiger partial charge in [0.1, 0.15) is 0 Å². The lowest BCUT2D eigenvalue weighted by Gasteiger charge is -2.12. The van der Waals surface area contributed by atoms with Gasteiger partial charge >= 0.3 is 0 Å². The van der Waals surface area contributed by atoms with E-state index in [1.807, 2.05) is 0 Å². The zero-order valence-corrected chi connectivity index (χ0v) is 31.0. The summed E-state index contributed by atoms with van der Waals surface area (Å²) in [7, 11) is 0. The molecule has 0 aliphatic heterocycles. The van der Waals surface area contributed by atoms with E-state index in [4.69, 9.17) is 0 Å². The van der Waals surface area contributed by atoms with E-state index in [0.29, 0.717) is 0 Å². The summed E-state index contributed by atoms with van der Waals surface area (Å²) in [5.74, 6) is 0. The van der Waals surface area contributed by atoms with Crippen molar-refractivity contribution in [2.24, 2.45) is 0 Å². The van der Waals surface area contributed by atoms with Crippen LogP contribution in [0.4, 0.5) is 0 Å². The monoisotopic (exact) mass is 725 g/mol. The number of rotatable bonds is 5. The summed E-state index contributed by atoms with van der Waals surface area (Å²) in [5.41, 5.74) is 15.4. The summed E-state index contributed by atoms with van der Waals surface area (Å²) >= 11 is 0. The third kappa shape index (κ3) is 4.79. The highest BCUT2D eigenvalue weighted by Gasteiger charge is 2.21. The third-order valence-electron chi connectivity index (χ3n) is 11.8. The zero-order valence-electron chi connectivity index (χ0n) is 31.0. The molecule has 0 spiro atoms. The highest BCUT2D eigenvalue weighted by molar-refractivity contribution is 6.29. The molecule has 9 aromatic carbocycles. The Kier molecular flexibility index (Phi) is 6.93. The van der Waals surface area contributed by atoms with Gasteiger partial charge in [-0.1, -0.05) is 140 Å². The maximum Gasteiger partial charge on any atom is 0.0548 e. The Morgan fingerprint density at radius 2 is 0.614 bits per heavy atom. The normalized spacial score (nSPS) is 11.9. The lowest BCUT2D eigenvalue weighted by molar-refractivity contribution is 1.17. The Balaban J connectivity index is 1.14. The van der Waals surface area contributed by atoms with Crippen LogP contribution < -0.4 is 0 Å². The highest BCUT2D eigenvalue weighted by Crippen LogP contribution is 2.44. The predicted molar refractivity (Wildman–Crippen MR) is 240 cm³/mol. The highest BCUT2D eigenvalue weighted by atomic mass is 15.0. The first-order chi connectivity index (χ1) is 28.3. The molecule has 266 valence electrons. The van der Waals surface area contributed by atoms with Gasteiger partial charge in [0.2, 0.25) is 0 Å². The summed E-state index contributed by atoms with van der Waals surface area (Å²) in [6, 6.07) is 77.4. The molecule has 3 heteroatoms. The Labute approximate surface area is 329 Å². The van der Waals surface area contributed by atoms with Crippen LogP contribution in [0.1, 0.15) is 0 Å². The van der Waals surface area contributed by atoms with Gasteiger partial charge in [0.05, 0.1) is 33.1 Å². The molecule has 0 aliphatic carbocycles. The fourth-order valence-electron chi connectivity index (χ4n) is 9.36. The van der Waals surface area contributed by atoms with E-state index in [0.717, 1.165) is 17.1 Å². The van der Waals surface area contributed by atoms with E-state index >= 15 is 0 Å². The fourth-order valence-corrected chi connectivity index (χ4v) is 9.36. The van der Waals surface area contributed by atoms with E-state index in [1.165, 1.54) is 87.7 Å². The molecule has 12 rings (SSSR count). The quantitative estimate of drug-likeness (QED) is 0.168. The van der Waals surface area contributed by atoms with Crippen LogP contribution in [0.5, 0.6) is 0 Å². The summed E-state index contributed by atoms with van der Waals surface area (Å²) < 4.78 is 7.29. The van der Waals surface area contributed by atoms with Gasteiger partial charge in [0, 0.05) is 49.4 Å². The average Bonchev–Trinajstić information content (AvgIpc) is 3.92. The van der Waals surface area contributed by atoms with Crippen molar-refractivity contribution in [3.05, 3.63) is 212 Å². The van der Waals surface area contributed by atoms with E-state index in [2.05, 4.69) is 226 Å². The van der Waals surface area contributed by atoms with Crippen molar-refractivity contribution in [1.29, 1.82) is 0 Å². The summed E-state index contributed by atoms with van der Waals surface area (Å²) in [4.78, 5) is 0. The second kappa shape index (κ2) is 12.5. The Hall–Kier alpha value is -7.62. The molecular weight excluding hydrogens is 691 g/mol. The van der Waals surface area contributed by atoms with Gasteiger partial charge in [0.15, 0.2) is 0 Å². The molecule has 3 aromatic heterocycles. The summed E-state index contributed by atoms with van der Waals surface area (Å²) in [6.07, 6.45) is 0. The molecule has 0 fully saturated rings. The molecule has 12 aromatic rings. The van der Waals surface area contributed by atoms with Crippen molar-refractivity contribution in [2.45, 2.75) is 0 Å². The fraction of sp³-hybridized carbons (Fsp3) is 0. The van der Waals surface area contributed by atoms with Crippen LogP contribution in [-0.2, 0) is 0 Å². The first-order valence-electron chi connectivity index (χ1n) is 19.6. The van der Waals surface area contributed by atoms with Gasteiger partial charge < -0.3 is 13.7 Å². The predicted octanol–water partition coefficient (Wildman–Crippen LogP) is 14.3. The van der Waals surface area contributed by atoms with Crippen molar-refractivity contribution >= 4 is 65.4 Å². The topological polar surface area (TPSA) is 14.8 Å². The zero-order chi connectivity index (χ0) is 37.5. The third-order valence-corrected chi connectivity index (χ3v) is 11.8. The van der Waals surface area contributed by atoms with Crippen molar-refractivity contribution in [3.63, 3.8) is 0 Å². The second-order valence-corrected chi connectivity index (χ2v) is 14.9. The number of para-hydroxylation sites is 4. The van der Waals surface area contributed by atoms with Gasteiger partial charge in [-0.15, -0.1) is 0 Å². The number of aromatic nitrogens is 3. The molecule has 0 bridgehead atoms. The van der Waals surface area contributed by atoms with E-state index < -0.39 is 0 Å². The standard InChI is InChI=1S/C54H35N3/c1-3-15-36(16-4-1)37-17-13-22-42(33-37)57-51-32-31-50-53(45-25-9-12-28-49(45)55(50)40-19-5-2-6-20-40)54(51)46-30-29-39(35-52(46)57)38-18-14-21-41(34-38)56-47-26-10-7-23-43(47)44-24-8-11-27-48(44)56/h1-35H. The lowest BCUT2D eigenvalue weighted by Crippen LogP contribution is -1.96. The van der Waals surface area contributed by atoms with Crippen LogP contribution in [0, 0.1) is 0 Å². The molecule has 0 saturated carbocycles. The van der Waals surface area contributed by atoms with Gasteiger partial charge in [0.25, 0.3) is 0 Å². The van der Waals surface area contributed by atoms with Crippen LogP contribution in [0.2, 0.25) is 0 Å². The molecule has 0 amide bonds. The van der Waals surface area contributed by atoms with Gasteiger partial charge in [-0.25, -0.2) is 0 Å². The Bertz CT molecular complexity index is 3460. The number of hydrogen-bond donors (Lipinski definition) is 0. The number of nitrogens with zero attached hydrogens (tertiary/aromatic N) is 3. The number of hydrogen-bond acceptors (Lipinski definition) is 0. The molecule has 0 radical (unpaired) electrons. The summed E-state index contributed by atoms with van der Waals surface area (Å²) in [6.45, 7) is 0. The smallest absolute Gasteiger partial charge is 0.0548 e. The van der Waals surface area contributed by atoms with E-state index in [9.17, 15) is 0 Å². The van der Waals surface area contributed by atoms with Crippen LogP contribution in [0.15, 0.2) is 212 Å². The maximum absolute atomic E-state index is 2.48. The molecule has 3 nitrogen and oxygen atoms in total. The minimum absolute atomic E-state index is 1.14. The lowest BCUT2D eigenvalue weighted by atomic mass is 10.0. The first kappa shape index (κ1) is 31.7. The minimum atomic E-state index is 1.14. The van der Waals surface area contributed by atoms with Crippen LogP contribution >= 0.6 is 0 Å². The van der Waals surface area contributed by atoms with Gasteiger partial charge in [-0.05, 0) is 95.1 Å². The van der Waals surface area contributed by atoms with Crippen LogP contribution in [0.3, 0.4) is 0 Å². The Morgan fingerprint density at radius 3 is 1.23 bits per heavy atom. The minimum Gasteiger partial charge on any atom is -0.309 e. The number of benzene rings is 9.